The van der Waals surface area contributed by atoms with Crippen molar-refractivity contribution < 1.29 is 4.74 Å². The van der Waals surface area contributed by atoms with Gasteiger partial charge in [0.25, 0.3) is 0 Å². The van der Waals surface area contributed by atoms with E-state index in [9.17, 15) is 0 Å². The van der Waals surface area contributed by atoms with E-state index in [2.05, 4.69) is 17.5 Å². The second kappa shape index (κ2) is 3.62. The van der Waals surface area contributed by atoms with Crippen molar-refractivity contribution in [2.75, 3.05) is 20.2 Å². The highest BCUT2D eigenvalue weighted by atomic mass is 16.5. The van der Waals surface area contributed by atoms with E-state index in [1.807, 2.05) is 25.2 Å². The number of para-hydroxylation sites is 1. The molecule has 2 rings (SSSR count). The zero-order valence-corrected chi connectivity index (χ0v) is 7.71. The van der Waals surface area contributed by atoms with Crippen molar-refractivity contribution in [1.29, 1.82) is 0 Å². The molecule has 1 heterocycles. The number of ether oxygens (including phenoxy) is 1. The summed E-state index contributed by atoms with van der Waals surface area (Å²) in [5, 5.41) is 3.15. The molecule has 0 amide bonds. The molecule has 0 spiro atoms. The van der Waals surface area contributed by atoms with Gasteiger partial charge in [-0.25, -0.2) is 0 Å². The van der Waals surface area contributed by atoms with Gasteiger partial charge in [-0.1, -0.05) is 18.2 Å². The number of benzene rings is 1. The maximum absolute atomic E-state index is 5.50. The summed E-state index contributed by atoms with van der Waals surface area (Å²) in [5.74, 6) is 0.996. The average Bonchev–Trinajstić information content (AvgIpc) is 2.19. The van der Waals surface area contributed by atoms with Crippen LogP contribution in [-0.4, -0.2) is 20.2 Å². The third-order valence-electron chi connectivity index (χ3n) is 2.17. The van der Waals surface area contributed by atoms with Gasteiger partial charge in [-0.05, 0) is 24.8 Å². The van der Waals surface area contributed by atoms with Crippen LogP contribution < -0.4 is 10.1 Å². The molecule has 0 atom stereocenters. The van der Waals surface area contributed by atoms with Crippen LogP contribution in [0.25, 0.3) is 5.57 Å². The predicted octanol–water partition coefficient (Wildman–Crippen LogP) is 1.68. The number of nitrogens with one attached hydrogen (secondary N) is 1. The Hall–Kier alpha value is -1.28. The molecule has 0 saturated carbocycles. The predicted molar refractivity (Wildman–Crippen MR) is 53.8 cm³/mol. The van der Waals surface area contributed by atoms with Gasteiger partial charge in [0.2, 0.25) is 0 Å². The monoisotopic (exact) mass is 175 g/mol. The number of rotatable bonds is 2. The number of fused-ring (bicyclic) bond motifs is 1. The molecule has 2 heteroatoms. The van der Waals surface area contributed by atoms with Crippen LogP contribution in [0.15, 0.2) is 30.3 Å². The molecule has 1 aliphatic rings. The lowest BCUT2D eigenvalue weighted by Crippen LogP contribution is -2.14. The lowest BCUT2D eigenvalue weighted by Gasteiger charge is -2.18. The van der Waals surface area contributed by atoms with Crippen molar-refractivity contribution in [2.24, 2.45) is 0 Å². The topological polar surface area (TPSA) is 21.3 Å². The van der Waals surface area contributed by atoms with Crippen LogP contribution >= 0.6 is 0 Å². The number of likely N-dealkylation sites (N-methyl/N-ethyl adjacent to an activating group) is 1. The molecular weight excluding hydrogens is 162 g/mol. The molecule has 2 nitrogen and oxygen atoms in total. The minimum atomic E-state index is 0.689. The third kappa shape index (κ3) is 1.58. The number of hydrogen-bond acceptors (Lipinski definition) is 2. The number of hydrogen-bond donors (Lipinski definition) is 1. The van der Waals surface area contributed by atoms with E-state index in [0.717, 1.165) is 12.3 Å². The summed E-state index contributed by atoms with van der Waals surface area (Å²) in [6.45, 7) is 1.59. The van der Waals surface area contributed by atoms with Crippen LogP contribution in [0.5, 0.6) is 5.75 Å². The van der Waals surface area contributed by atoms with Gasteiger partial charge < -0.3 is 10.1 Å². The lowest BCUT2D eigenvalue weighted by molar-refractivity contribution is 0.357. The zero-order valence-electron chi connectivity index (χ0n) is 7.71. The molecule has 0 aliphatic carbocycles. The van der Waals surface area contributed by atoms with Gasteiger partial charge in [-0.15, -0.1) is 0 Å². The molecule has 1 aliphatic heterocycles. The molecule has 0 radical (unpaired) electrons. The van der Waals surface area contributed by atoms with E-state index >= 15 is 0 Å². The molecule has 68 valence electrons. The first kappa shape index (κ1) is 8.32. The minimum absolute atomic E-state index is 0.689. The summed E-state index contributed by atoms with van der Waals surface area (Å²) in [7, 11) is 1.96. The van der Waals surface area contributed by atoms with Gasteiger partial charge in [0.15, 0.2) is 0 Å². The first-order valence-electron chi connectivity index (χ1n) is 4.47. The highest BCUT2D eigenvalue weighted by Gasteiger charge is 2.11. The maximum Gasteiger partial charge on any atom is 0.127 e. The van der Waals surface area contributed by atoms with E-state index in [0.29, 0.717) is 6.61 Å². The summed E-state index contributed by atoms with van der Waals surface area (Å²) in [6, 6.07) is 8.15. The molecule has 0 aromatic heterocycles. The Bertz CT molecular complexity index is 331. The molecule has 1 aromatic rings. The van der Waals surface area contributed by atoms with Gasteiger partial charge in [0, 0.05) is 12.1 Å². The molecular formula is C11H13NO. The Morgan fingerprint density at radius 1 is 1.38 bits per heavy atom. The minimum Gasteiger partial charge on any atom is -0.489 e. The van der Waals surface area contributed by atoms with Gasteiger partial charge in [0.1, 0.15) is 12.4 Å². The van der Waals surface area contributed by atoms with Gasteiger partial charge in [0.05, 0.1) is 0 Å². The standard InChI is InChI=1S/C11H13NO/c1-12-8-9-6-7-13-11-5-3-2-4-10(9)11/h2-6,12H,7-8H2,1H3. The summed E-state index contributed by atoms with van der Waals surface area (Å²) >= 11 is 0. The van der Waals surface area contributed by atoms with E-state index in [1.165, 1.54) is 11.1 Å². The Kier molecular flexibility index (Phi) is 2.32. The van der Waals surface area contributed by atoms with E-state index in [4.69, 9.17) is 4.74 Å². The summed E-state index contributed by atoms with van der Waals surface area (Å²) in [4.78, 5) is 0. The maximum atomic E-state index is 5.50. The summed E-state index contributed by atoms with van der Waals surface area (Å²) < 4.78 is 5.50. The van der Waals surface area contributed by atoms with Crippen LogP contribution in [0.2, 0.25) is 0 Å². The molecule has 0 fully saturated rings. The smallest absolute Gasteiger partial charge is 0.127 e. The van der Waals surface area contributed by atoms with Crippen molar-refractivity contribution in [2.45, 2.75) is 0 Å². The Morgan fingerprint density at radius 2 is 2.23 bits per heavy atom. The van der Waals surface area contributed by atoms with Crippen molar-refractivity contribution >= 4 is 5.57 Å². The molecule has 0 saturated heterocycles. The van der Waals surface area contributed by atoms with Crippen LogP contribution in [0.1, 0.15) is 5.56 Å². The first-order chi connectivity index (χ1) is 6.42. The first-order valence-corrected chi connectivity index (χ1v) is 4.47. The summed E-state index contributed by atoms with van der Waals surface area (Å²) in [5.41, 5.74) is 2.53. The van der Waals surface area contributed by atoms with Gasteiger partial charge in [-0.2, -0.15) is 0 Å². The largest absolute Gasteiger partial charge is 0.489 e. The zero-order chi connectivity index (χ0) is 9.10. The second-order valence-corrected chi connectivity index (χ2v) is 3.07. The second-order valence-electron chi connectivity index (χ2n) is 3.07. The van der Waals surface area contributed by atoms with Crippen LogP contribution in [0, 0.1) is 0 Å². The quantitative estimate of drug-likeness (QED) is 0.738. The van der Waals surface area contributed by atoms with Crippen molar-refractivity contribution in [3.8, 4) is 5.75 Å². The van der Waals surface area contributed by atoms with E-state index in [-0.39, 0.29) is 0 Å². The average molecular weight is 175 g/mol. The van der Waals surface area contributed by atoms with Gasteiger partial charge in [-0.3, -0.25) is 0 Å². The van der Waals surface area contributed by atoms with E-state index < -0.39 is 0 Å². The molecule has 13 heavy (non-hydrogen) atoms. The van der Waals surface area contributed by atoms with Crippen molar-refractivity contribution in [1.82, 2.24) is 5.32 Å². The Morgan fingerprint density at radius 3 is 3.08 bits per heavy atom. The SMILES string of the molecule is CNCC1=CCOc2ccccc21. The van der Waals surface area contributed by atoms with Crippen molar-refractivity contribution in [3.63, 3.8) is 0 Å². The van der Waals surface area contributed by atoms with Crippen LogP contribution in [0.4, 0.5) is 0 Å². The lowest BCUT2D eigenvalue weighted by atomic mass is 10.0. The van der Waals surface area contributed by atoms with Crippen LogP contribution in [0.3, 0.4) is 0 Å². The fraction of sp³-hybridized carbons (Fsp3) is 0.273. The Balaban J connectivity index is 2.36. The highest BCUT2D eigenvalue weighted by molar-refractivity contribution is 5.73. The van der Waals surface area contributed by atoms with Crippen LogP contribution in [-0.2, 0) is 0 Å². The fourth-order valence-corrected chi connectivity index (χ4v) is 1.56. The highest BCUT2D eigenvalue weighted by Crippen LogP contribution is 2.28. The molecule has 1 aromatic carbocycles. The molecule has 1 N–H and O–H groups in total. The molecule has 0 bridgehead atoms. The Labute approximate surface area is 78.2 Å². The molecule has 0 unspecified atom stereocenters. The van der Waals surface area contributed by atoms with E-state index in [1.54, 1.807) is 0 Å². The summed E-state index contributed by atoms with van der Waals surface area (Å²) in [6.07, 6.45) is 2.12. The van der Waals surface area contributed by atoms with Crippen molar-refractivity contribution in [3.05, 3.63) is 35.9 Å². The normalized spacial score (nSPS) is 14.4. The third-order valence-corrected chi connectivity index (χ3v) is 2.17. The fourth-order valence-electron chi connectivity index (χ4n) is 1.56. The van der Waals surface area contributed by atoms with Gasteiger partial charge >= 0.3 is 0 Å².